The zero-order valence-corrected chi connectivity index (χ0v) is 20.9. The second kappa shape index (κ2) is 17.0. The second-order valence-electron chi connectivity index (χ2n) is 9.22. The summed E-state index contributed by atoms with van der Waals surface area (Å²) in [6.45, 7) is 5.45. The summed E-state index contributed by atoms with van der Waals surface area (Å²) in [5.74, 6) is -0.934. The molecular weight excluding hydrogens is 420 g/mol. The molecule has 6 nitrogen and oxygen atoms in total. The highest BCUT2D eigenvalue weighted by Crippen LogP contribution is 2.33. The van der Waals surface area contributed by atoms with Crippen molar-refractivity contribution >= 4 is 5.97 Å². The molecular formula is C27H46O6. The summed E-state index contributed by atoms with van der Waals surface area (Å²) in [4.78, 5) is 11.7. The Hall–Kier alpha value is -1.53. The topological polar surface area (TPSA) is 78.1 Å². The molecule has 1 aliphatic rings. The quantitative estimate of drug-likeness (QED) is 0.208. The van der Waals surface area contributed by atoms with Crippen LogP contribution in [0.25, 0.3) is 0 Å². The van der Waals surface area contributed by atoms with Crippen molar-refractivity contribution in [1.82, 2.24) is 0 Å². The minimum Gasteiger partial charge on any atom is -0.475 e. The predicted molar refractivity (Wildman–Crippen MR) is 130 cm³/mol. The van der Waals surface area contributed by atoms with Crippen LogP contribution in [0.5, 0.6) is 5.95 Å². The summed E-state index contributed by atoms with van der Waals surface area (Å²) < 4.78 is 23.0. The number of aromatic carboxylic acids is 1. The van der Waals surface area contributed by atoms with E-state index in [0.29, 0.717) is 25.2 Å². The lowest BCUT2D eigenvalue weighted by atomic mass is 10.1. The van der Waals surface area contributed by atoms with Crippen molar-refractivity contribution in [3.05, 3.63) is 17.4 Å². The fourth-order valence-corrected chi connectivity index (χ4v) is 4.37. The molecule has 1 N–H and O–H groups in total. The minimum atomic E-state index is -1.10. The van der Waals surface area contributed by atoms with E-state index in [0.717, 1.165) is 32.1 Å². The Morgan fingerprint density at radius 2 is 1.64 bits per heavy atom. The summed E-state index contributed by atoms with van der Waals surface area (Å²) in [6.07, 6.45) is 18.4. The van der Waals surface area contributed by atoms with Gasteiger partial charge in [-0.3, -0.25) is 0 Å². The molecule has 0 spiro atoms. The van der Waals surface area contributed by atoms with Crippen LogP contribution in [0, 0.1) is 0 Å². The highest BCUT2D eigenvalue weighted by molar-refractivity contribution is 5.86. The van der Waals surface area contributed by atoms with E-state index in [-0.39, 0.29) is 24.1 Å². The van der Waals surface area contributed by atoms with E-state index >= 15 is 0 Å². The van der Waals surface area contributed by atoms with Crippen molar-refractivity contribution < 1.29 is 28.5 Å². The minimum absolute atomic E-state index is 0.0950. The zero-order valence-electron chi connectivity index (χ0n) is 20.9. The number of furan rings is 1. The molecule has 1 saturated heterocycles. The number of hydrogen-bond acceptors (Lipinski definition) is 5. The summed E-state index contributed by atoms with van der Waals surface area (Å²) in [6, 6.07) is 1.68. The van der Waals surface area contributed by atoms with Gasteiger partial charge in [-0.15, -0.1) is 0 Å². The molecule has 33 heavy (non-hydrogen) atoms. The average Bonchev–Trinajstić information content (AvgIpc) is 3.25. The fourth-order valence-electron chi connectivity index (χ4n) is 4.37. The molecule has 0 amide bonds. The van der Waals surface area contributed by atoms with Crippen LogP contribution in [0.15, 0.2) is 10.5 Å². The normalized spacial score (nSPS) is 17.2. The molecule has 0 radical (unpaired) electrons. The molecule has 0 bridgehead atoms. The van der Waals surface area contributed by atoms with Crippen LogP contribution in [0.3, 0.4) is 0 Å². The molecule has 0 saturated carbocycles. The molecule has 1 aliphatic heterocycles. The number of carboxylic acids is 1. The van der Waals surface area contributed by atoms with Gasteiger partial charge in [0.2, 0.25) is 5.76 Å². The number of carboxylic acid groups (broad SMARTS) is 1. The number of carbonyl (C=O) groups is 1. The van der Waals surface area contributed by atoms with Crippen molar-refractivity contribution in [2.45, 2.75) is 129 Å². The van der Waals surface area contributed by atoms with Gasteiger partial charge in [0.15, 0.2) is 6.29 Å². The van der Waals surface area contributed by atoms with Crippen LogP contribution < -0.4 is 4.74 Å². The molecule has 1 aromatic rings. The summed E-state index contributed by atoms with van der Waals surface area (Å²) in [7, 11) is 0. The molecule has 0 aromatic carbocycles. The van der Waals surface area contributed by atoms with Gasteiger partial charge >= 0.3 is 5.97 Å². The first-order chi connectivity index (χ1) is 16.2. The molecule has 1 aromatic heterocycles. The van der Waals surface area contributed by atoms with Crippen LogP contribution in [0.2, 0.25) is 0 Å². The van der Waals surface area contributed by atoms with E-state index in [9.17, 15) is 9.90 Å². The monoisotopic (exact) mass is 466 g/mol. The number of ether oxygens (including phenoxy) is 3. The van der Waals surface area contributed by atoms with E-state index < -0.39 is 5.97 Å². The van der Waals surface area contributed by atoms with Gasteiger partial charge in [-0.25, -0.2) is 4.79 Å². The lowest BCUT2D eigenvalue weighted by Gasteiger charge is -2.27. The number of rotatable bonds is 19. The van der Waals surface area contributed by atoms with E-state index in [1.54, 1.807) is 6.07 Å². The third kappa shape index (κ3) is 11.0. The first-order valence-electron chi connectivity index (χ1n) is 13.4. The maximum Gasteiger partial charge on any atom is 0.372 e. The molecule has 2 heterocycles. The van der Waals surface area contributed by atoms with Crippen molar-refractivity contribution in [3.8, 4) is 5.95 Å². The summed E-state index contributed by atoms with van der Waals surface area (Å²) in [5.41, 5.74) is 0.531. The van der Waals surface area contributed by atoms with Gasteiger partial charge in [-0.1, -0.05) is 84.5 Å². The van der Waals surface area contributed by atoms with Gasteiger partial charge in [0.1, 0.15) is 0 Å². The van der Waals surface area contributed by atoms with Gasteiger partial charge in [0.25, 0.3) is 5.95 Å². The van der Waals surface area contributed by atoms with Crippen LogP contribution >= 0.6 is 0 Å². The van der Waals surface area contributed by atoms with Crippen molar-refractivity contribution in [3.63, 3.8) is 0 Å². The molecule has 2 rings (SSSR count). The SMILES string of the molecule is CCCCCCCCCCCCCCOc1cc(C(CC)OC2CCCCO2)c(C(=O)O)o1. The first kappa shape index (κ1) is 27.7. The highest BCUT2D eigenvalue weighted by Gasteiger charge is 2.28. The van der Waals surface area contributed by atoms with Crippen LogP contribution in [-0.2, 0) is 9.47 Å². The van der Waals surface area contributed by atoms with Crippen molar-refractivity contribution in [1.29, 1.82) is 0 Å². The molecule has 2 atom stereocenters. The van der Waals surface area contributed by atoms with Gasteiger partial charge in [0, 0.05) is 18.2 Å². The Kier molecular flexibility index (Phi) is 14.3. The van der Waals surface area contributed by atoms with Crippen LogP contribution in [-0.4, -0.2) is 30.6 Å². The smallest absolute Gasteiger partial charge is 0.372 e. The standard InChI is InChI=1S/C27H46O6/c1-3-5-6-7-8-9-10-11-12-13-14-16-19-31-25-21-22(26(33-25)27(28)29)23(4-2)32-24-18-15-17-20-30-24/h21,23-24H,3-20H2,1-2H3,(H,28,29). The van der Waals surface area contributed by atoms with Crippen LogP contribution in [0.1, 0.15) is 139 Å². The molecule has 6 heteroatoms. The van der Waals surface area contributed by atoms with E-state index in [4.69, 9.17) is 18.6 Å². The van der Waals surface area contributed by atoms with Crippen molar-refractivity contribution in [2.24, 2.45) is 0 Å². The van der Waals surface area contributed by atoms with Gasteiger partial charge in [0.05, 0.1) is 12.7 Å². The summed E-state index contributed by atoms with van der Waals surface area (Å²) >= 11 is 0. The van der Waals surface area contributed by atoms with Crippen molar-refractivity contribution in [2.75, 3.05) is 13.2 Å². The molecule has 190 valence electrons. The Morgan fingerprint density at radius 3 is 2.18 bits per heavy atom. The number of hydrogen-bond donors (Lipinski definition) is 1. The Bertz CT molecular complexity index is 635. The van der Waals surface area contributed by atoms with E-state index in [1.807, 2.05) is 6.92 Å². The van der Waals surface area contributed by atoms with Crippen LogP contribution in [0.4, 0.5) is 0 Å². The van der Waals surface area contributed by atoms with Gasteiger partial charge in [-0.05, 0) is 32.1 Å². The fraction of sp³-hybridized carbons (Fsp3) is 0.815. The maximum absolute atomic E-state index is 11.7. The van der Waals surface area contributed by atoms with E-state index in [2.05, 4.69) is 6.92 Å². The summed E-state index contributed by atoms with van der Waals surface area (Å²) in [5, 5.41) is 9.58. The number of unbranched alkanes of at least 4 members (excludes halogenated alkanes) is 11. The second-order valence-corrected chi connectivity index (χ2v) is 9.22. The lowest BCUT2D eigenvalue weighted by molar-refractivity contribution is -0.190. The third-order valence-electron chi connectivity index (χ3n) is 6.35. The largest absolute Gasteiger partial charge is 0.475 e. The Labute approximate surface area is 200 Å². The Morgan fingerprint density at radius 1 is 1.00 bits per heavy atom. The van der Waals surface area contributed by atoms with Gasteiger partial charge in [-0.2, -0.15) is 0 Å². The molecule has 2 unspecified atom stereocenters. The van der Waals surface area contributed by atoms with Gasteiger partial charge < -0.3 is 23.7 Å². The molecule has 1 fully saturated rings. The highest BCUT2D eigenvalue weighted by atomic mass is 16.7. The first-order valence-corrected chi connectivity index (χ1v) is 13.4. The predicted octanol–water partition coefficient (Wildman–Crippen LogP) is 8.05. The average molecular weight is 467 g/mol. The van der Waals surface area contributed by atoms with E-state index in [1.165, 1.54) is 64.2 Å². The Balaban J connectivity index is 1.64. The third-order valence-corrected chi connectivity index (χ3v) is 6.35. The molecule has 0 aliphatic carbocycles. The lowest BCUT2D eigenvalue weighted by Crippen LogP contribution is -2.24. The zero-order chi connectivity index (χ0) is 23.7. The maximum atomic E-state index is 11.7.